The van der Waals surface area contributed by atoms with E-state index in [2.05, 4.69) is 5.32 Å². The van der Waals surface area contributed by atoms with E-state index in [9.17, 15) is 14.7 Å². The lowest BCUT2D eigenvalue weighted by molar-refractivity contribution is -0.146. The van der Waals surface area contributed by atoms with Gasteiger partial charge in [0, 0.05) is 25.4 Å². The highest BCUT2D eigenvalue weighted by Gasteiger charge is 2.47. The molecule has 0 spiro atoms. The van der Waals surface area contributed by atoms with Crippen LogP contribution in [-0.2, 0) is 9.59 Å². The molecule has 5 nitrogen and oxygen atoms in total. The van der Waals surface area contributed by atoms with Crippen molar-refractivity contribution in [3.63, 3.8) is 0 Å². The number of aliphatic hydroxyl groups excluding tert-OH is 1. The van der Waals surface area contributed by atoms with Crippen LogP contribution in [0.15, 0.2) is 0 Å². The van der Waals surface area contributed by atoms with Crippen molar-refractivity contribution < 1.29 is 14.7 Å². The molecule has 3 aliphatic rings. The first kappa shape index (κ1) is 17.7. The summed E-state index contributed by atoms with van der Waals surface area (Å²) in [5.41, 5.74) is -0.702. The Hall–Kier alpha value is -1.10. The van der Waals surface area contributed by atoms with E-state index in [0.29, 0.717) is 0 Å². The van der Waals surface area contributed by atoms with Gasteiger partial charge in [0.1, 0.15) is 5.54 Å². The maximum atomic E-state index is 13.4. The fourth-order valence-corrected chi connectivity index (χ4v) is 5.24. The van der Waals surface area contributed by atoms with Gasteiger partial charge in [0.15, 0.2) is 0 Å². The van der Waals surface area contributed by atoms with Crippen molar-refractivity contribution in [1.82, 2.24) is 10.2 Å². The Kier molecular flexibility index (Phi) is 5.48. The molecule has 136 valence electrons. The summed E-state index contributed by atoms with van der Waals surface area (Å²) in [5, 5.41) is 13.5. The van der Waals surface area contributed by atoms with Crippen LogP contribution in [-0.4, -0.2) is 46.1 Å². The van der Waals surface area contributed by atoms with Gasteiger partial charge in [-0.15, -0.1) is 0 Å². The van der Waals surface area contributed by atoms with Crippen molar-refractivity contribution in [2.45, 2.75) is 95.2 Å². The molecule has 1 saturated heterocycles. The molecule has 5 heteroatoms. The minimum absolute atomic E-state index is 0.109. The van der Waals surface area contributed by atoms with Gasteiger partial charge in [-0.25, -0.2) is 0 Å². The molecule has 1 heterocycles. The van der Waals surface area contributed by atoms with E-state index >= 15 is 0 Å². The van der Waals surface area contributed by atoms with Crippen LogP contribution in [0.25, 0.3) is 0 Å². The number of carbonyl (C=O) groups excluding carboxylic acids is 2. The molecule has 0 aromatic rings. The maximum absolute atomic E-state index is 13.4. The molecule has 2 amide bonds. The van der Waals surface area contributed by atoms with Gasteiger partial charge < -0.3 is 15.3 Å². The van der Waals surface area contributed by atoms with Crippen LogP contribution in [0.3, 0.4) is 0 Å². The zero-order valence-electron chi connectivity index (χ0n) is 14.9. The van der Waals surface area contributed by atoms with Gasteiger partial charge in [-0.3, -0.25) is 9.59 Å². The van der Waals surface area contributed by atoms with E-state index in [4.69, 9.17) is 0 Å². The molecular formula is C19H32N2O3. The van der Waals surface area contributed by atoms with Gasteiger partial charge >= 0.3 is 0 Å². The predicted octanol–water partition coefficient (Wildman–Crippen LogP) is 2.37. The van der Waals surface area contributed by atoms with E-state index in [1.165, 1.54) is 6.92 Å². The fourth-order valence-electron chi connectivity index (χ4n) is 5.24. The first-order valence-electron chi connectivity index (χ1n) is 9.81. The Morgan fingerprint density at radius 2 is 1.71 bits per heavy atom. The summed E-state index contributed by atoms with van der Waals surface area (Å²) in [7, 11) is 0. The Morgan fingerprint density at radius 3 is 2.38 bits per heavy atom. The molecule has 1 aliphatic heterocycles. The molecule has 3 fully saturated rings. The second kappa shape index (κ2) is 7.42. The Morgan fingerprint density at radius 1 is 1.00 bits per heavy atom. The number of nitrogens with one attached hydrogen (secondary N) is 1. The summed E-state index contributed by atoms with van der Waals surface area (Å²) in [6.45, 7) is 2.28. The lowest BCUT2D eigenvalue weighted by atomic mass is 9.78. The largest absolute Gasteiger partial charge is 0.393 e. The average molecular weight is 336 g/mol. The number of aliphatic hydroxyl groups is 1. The van der Waals surface area contributed by atoms with Crippen LogP contribution < -0.4 is 5.32 Å². The van der Waals surface area contributed by atoms with Gasteiger partial charge in [-0.1, -0.05) is 32.1 Å². The van der Waals surface area contributed by atoms with Crippen LogP contribution in [0.1, 0.15) is 77.6 Å². The summed E-state index contributed by atoms with van der Waals surface area (Å²) in [4.78, 5) is 27.2. The normalized spacial score (nSPS) is 33.2. The SMILES string of the molecule is CC(=O)NC1(C(=O)N2CCC[C@@H]2[C@H]2CCCC[C@@H]2O)CCCCC1. The zero-order valence-corrected chi connectivity index (χ0v) is 14.9. The molecule has 0 radical (unpaired) electrons. The van der Waals surface area contributed by atoms with Gasteiger partial charge in [0.05, 0.1) is 6.10 Å². The minimum atomic E-state index is -0.702. The number of likely N-dealkylation sites (tertiary alicyclic amines) is 1. The van der Waals surface area contributed by atoms with E-state index in [1.54, 1.807) is 0 Å². The Bertz CT molecular complexity index is 473. The smallest absolute Gasteiger partial charge is 0.248 e. The first-order valence-corrected chi connectivity index (χ1v) is 9.81. The molecule has 2 aliphatic carbocycles. The highest BCUT2D eigenvalue weighted by Crippen LogP contribution is 2.38. The minimum Gasteiger partial charge on any atom is -0.393 e. The molecule has 3 atom stereocenters. The van der Waals surface area contributed by atoms with E-state index in [0.717, 1.165) is 77.2 Å². The van der Waals surface area contributed by atoms with Gasteiger partial charge in [0.25, 0.3) is 0 Å². The molecule has 0 aromatic carbocycles. The number of hydrogen-bond donors (Lipinski definition) is 2. The molecule has 24 heavy (non-hydrogen) atoms. The second-order valence-electron chi connectivity index (χ2n) is 8.05. The molecule has 2 saturated carbocycles. The average Bonchev–Trinajstić information content (AvgIpc) is 3.04. The summed E-state index contributed by atoms with van der Waals surface area (Å²) < 4.78 is 0. The van der Waals surface area contributed by atoms with Crippen molar-refractivity contribution >= 4 is 11.8 Å². The Labute approximate surface area is 145 Å². The highest BCUT2D eigenvalue weighted by atomic mass is 16.3. The monoisotopic (exact) mass is 336 g/mol. The number of nitrogens with zero attached hydrogens (tertiary/aromatic N) is 1. The van der Waals surface area contributed by atoms with E-state index in [1.807, 2.05) is 4.90 Å². The molecule has 0 aromatic heterocycles. The van der Waals surface area contributed by atoms with Crippen LogP contribution >= 0.6 is 0 Å². The summed E-state index contributed by atoms with van der Waals surface area (Å²) in [6.07, 6.45) is 10.5. The number of amides is 2. The lowest BCUT2D eigenvalue weighted by Gasteiger charge is -2.43. The number of hydrogen-bond acceptors (Lipinski definition) is 3. The second-order valence-corrected chi connectivity index (χ2v) is 8.05. The van der Waals surface area contributed by atoms with Crippen molar-refractivity contribution in [3.8, 4) is 0 Å². The Balaban J connectivity index is 1.79. The molecule has 3 rings (SSSR count). The number of rotatable bonds is 3. The highest BCUT2D eigenvalue weighted by molar-refractivity contribution is 5.91. The van der Waals surface area contributed by atoms with Crippen LogP contribution in [0.4, 0.5) is 0 Å². The number of carbonyl (C=O) groups is 2. The van der Waals surface area contributed by atoms with Crippen LogP contribution in [0.5, 0.6) is 0 Å². The summed E-state index contributed by atoms with van der Waals surface area (Å²) in [6, 6.07) is 0.153. The van der Waals surface area contributed by atoms with Crippen molar-refractivity contribution in [2.75, 3.05) is 6.54 Å². The third kappa shape index (κ3) is 3.46. The topological polar surface area (TPSA) is 69.6 Å². The quantitative estimate of drug-likeness (QED) is 0.831. The van der Waals surface area contributed by atoms with Gasteiger partial charge in [-0.05, 0) is 38.5 Å². The third-order valence-electron chi connectivity index (χ3n) is 6.37. The van der Waals surface area contributed by atoms with Crippen molar-refractivity contribution in [3.05, 3.63) is 0 Å². The predicted molar refractivity (Wildman–Crippen MR) is 92.3 cm³/mol. The molecule has 2 N–H and O–H groups in total. The van der Waals surface area contributed by atoms with Crippen molar-refractivity contribution in [2.24, 2.45) is 5.92 Å². The molecular weight excluding hydrogens is 304 g/mol. The zero-order chi connectivity index (χ0) is 17.2. The summed E-state index contributed by atoms with van der Waals surface area (Å²) >= 11 is 0. The summed E-state index contributed by atoms with van der Waals surface area (Å²) in [5.74, 6) is 0.208. The van der Waals surface area contributed by atoms with Crippen LogP contribution in [0, 0.1) is 5.92 Å². The lowest BCUT2D eigenvalue weighted by Crippen LogP contribution is -2.62. The fraction of sp³-hybridized carbons (Fsp3) is 0.895. The van der Waals surface area contributed by atoms with Gasteiger partial charge in [0.2, 0.25) is 11.8 Å². The maximum Gasteiger partial charge on any atom is 0.248 e. The first-order chi connectivity index (χ1) is 11.5. The third-order valence-corrected chi connectivity index (χ3v) is 6.37. The molecule has 0 unspecified atom stereocenters. The standard InChI is InChI=1S/C19H32N2O3/c1-14(22)20-19(11-5-2-6-12-19)18(24)21-13-7-9-16(21)15-8-3-4-10-17(15)23/h15-17,23H,2-13H2,1H3,(H,20,22)/t15-,16-,17+/m1/s1. The van der Waals surface area contributed by atoms with Crippen LogP contribution in [0.2, 0.25) is 0 Å². The van der Waals surface area contributed by atoms with Gasteiger partial charge in [-0.2, -0.15) is 0 Å². The molecule has 0 bridgehead atoms. The van der Waals surface area contributed by atoms with E-state index in [-0.39, 0.29) is 29.9 Å². The van der Waals surface area contributed by atoms with Crippen molar-refractivity contribution in [1.29, 1.82) is 0 Å². The van der Waals surface area contributed by atoms with E-state index < -0.39 is 5.54 Å².